The highest BCUT2D eigenvalue weighted by molar-refractivity contribution is 5.76. The lowest BCUT2D eigenvalue weighted by Crippen LogP contribution is -2.38. The van der Waals surface area contributed by atoms with E-state index in [-0.39, 0.29) is 11.3 Å². The molecule has 1 aromatic carbocycles. The van der Waals surface area contributed by atoms with Crippen LogP contribution in [0.2, 0.25) is 0 Å². The van der Waals surface area contributed by atoms with Crippen LogP contribution < -0.4 is 10.1 Å². The van der Waals surface area contributed by atoms with Gasteiger partial charge in [-0.1, -0.05) is 25.0 Å². The van der Waals surface area contributed by atoms with Crippen LogP contribution in [0.1, 0.15) is 51.0 Å². The number of benzene rings is 1. The van der Waals surface area contributed by atoms with Gasteiger partial charge in [0.25, 0.3) is 0 Å². The summed E-state index contributed by atoms with van der Waals surface area (Å²) in [5.41, 5.74) is 1.53. The van der Waals surface area contributed by atoms with Crippen molar-refractivity contribution in [1.29, 1.82) is 0 Å². The quantitative estimate of drug-likeness (QED) is 0.925. The molecule has 1 amide bonds. The van der Waals surface area contributed by atoms with Crippen LogP contribution >= 0.6 is 0 Å². The summed E-state index contributed by atoms with van der Waals surface area (Å²) >= 11 is 0. The average Bonchev–Trinajstić information content (AvgIpc) is 2.66. The lowest BCUT2D eigenvalue weighted by Gasteiger charge is -2.43. The third-order valence-electron chi connectivity index (χ3n) is 5.25. The molecular formula is C18H25NO2. The van der Waals surface area contributed by atoms with Crippen molar-refractivity contribution in [2.45, 2.75) is 50.9 Å². The van der Waals surface area contributed by atoms with E-state index in [1.165, 1.54) is 31.2 Å². The molecule has 0 unspecified atom stereocenters. The first-order valence-corrected chi connectivity index (χ1v) is 8.24. The van der Waals surface area contributed by atoms with Gasteiger partial charge in [0.05, 0.1) is 6.61 Å². The van der Waals surface area contributed by atoms with Crippen LogP contribution in [0.4, 0.5) is 0 Å². The van der Waals surface area contributed by atoms with E-state index in [2.05, 4.69) is 23.5 Å². The van der Waals surface area contributed by atoms with E-state index in [1.54, 1.807) is 0 Å². The molecule has 0 aromatic heterocycles. The summed E-state index contributed by atoms with van der Waals surface area (Å²) in [5, 5.41) is 3.07. The van der Waals surface area contributed by atoms with Crippen LogP contribution in [0.15, 0.2) is 24.3 Å². The Kier molecular flexibility index (Phi) is 4.18. The van der Waals surface area contributed by atoms with Gasteiger partial charge in [-0.15, -0.1) is 0 Å². The molecule has 0 radical (unpaired) electrons. The second-order valence-corrected chi connectivity index (χ2v) is 6.36. The number of fused-ring (bicyclic) bond motifs is 1. The molecule has 1 aliphatic heterocycles. The van der Waals surface area contributed by atoms with Gasteiger partial charge in [-0.2, -0.15) is 0 Å². The van der Waals surface area contributed by atoms with Gasteiger partial charge in [-0.05, 0) is 49.8 Å². The lowest BCUT2D eigenvalue weighted by atomic mass is 9.60. The van der Waals surface area contributed by atoms with Crippen molar-refractivity contribution in [2.75, 3.05) is 13.2 Å². The first kappa shape index (κ1) is 14.4. The first-order chi connectivity index (χ1) is 10.2. The van der Waals surface area contributed by atoms with Gasteiger partial charge >= 0.3 is 0 Å². The molecule has 2 atom stereocenters. The summed E-state index contributed by atoms with van der Waals surface area (Å²) in [6.45, 7) is 3.51. The van der Waals surface area contributed by atoms with E-state index in [9.17, 15) is 4.79 Å². The summed E-state index contributed by atoms with van der Waals surface area (Å²) in [7, 11) is 0. The molecule has 3 rings (SSSR count). The van der Waals surface area contributed by atoms with Crippen molar-refractivity contribution in [3.05, 3.63) is 29.8 Å². The Morgan fingerprint density at radius 3 is 3.10 bits per heavy atom. The highest BCUT2D eigenvalue weighted by atomic mass is 16.5. The zero-order chi connectivity index (χ0) is 14.7. The molecule has 2 aliphatic rings. The Morgan fingerprint density at radius 2 is 2.24 bits per heavy atom. The third kappa shape index (κ3) is 2.78. The number of ether oxygens (including phenoxy) is 1. The molecule has 1 aliphatic carbocycles. The summed E-state index contributed by atoms with van der Waals surface area (Å²) in [4.78, 5) is 11.9. The van der Waals surface area contributed by atoms with Crippen LogP contribution in [-0.4, -0.2) is 19.1 Å². The fraction of sp³-hybridized carbons (Fsp3) is 0.611. The Labute approximate surface area is 127 Å². The fourth-order valence-corrected chi connectivity index (χ4v) is 4.25. The van der Waals surface area contributed by atoms with E-state index in [0.717, 1.165) is 18.7 Å². The van der Waals surface area contributed by atoms with Crippen molar-refractivity contribution in [2.24, 2.45) is 5.92 Å². The topological polar surface area (TPSA) is 38.3 Å². The molecule has 0 spiro atoms. The number of amides is 1. The monoisotopic (exact) mass is 287 g/mol. The zero-order valence-electron chi connectivity index (χ0n) is 12.9. The van der Waals surface area contributed by atoms with Gasteiger partial charge < -0.3 is 10.1 Å². The van der Waals surface area contributed by atoms with Crippen molar-refractivity contribution in [1.82, 2.24) is 5.32 Å². The van der Waals surface area contributed by atoms with Crippen LogP contribution in [-0.2, 0) is 10.2 Å². The standard InChI is InChI=1S/C18H25NO2/c1-2-21-16-8-5-7-14(12-16)18-9-4-3-6-15(18)13-17(20)19-11-10-18/h5,7-8,12,15H,2-4,6,9-11,13H2,1H3,(H,19,20)/t15-,18-/m0/s1. The number of carbonyl (C=O) groups excluding carboxylic acids is 1. The number of rotatable bonds is 3. The molecule has 3 nitrogen and oxygen atoms in total. The Hall–Kier alpha value is -1.51. The SMILES string of the molecule is CCOc1cccc([C@@]23CCCC[C@H]2CC(=O)NCC3)c1. The third-order valence-corrected chi connectivity index (χ3v) is 5.25. The number of hydrogen-bond donors (Lipinski definition) is 1. The summed E-state index contributed by atoms with van der Waals surface area (Å²) in [6.07, 6.45) is 6.63. The minimum absolute atomic E-state index is 0.157. The first-order valence-electron chi connectivity index (χ1n) is 8.24. The van der Waals surface area contributed by atoms with Gasteiger partial charge in [-0.25, -0.2) is 0 Å². The van der Waals surface area contributed by atoms with Crippen molar-refractivity contribution in [3.63, 3.8) is 0 Å². The largest absolute Gasteiger partial charge is 0.494 e. The molecule has 1 aromatic rings. The van der Waals surface area contributed by atoms with Crippen LogP contribution in [0.25, 0.3) is 0 Å². The molecule has 21 heavy (non-hydrogen) atoms. The van der Waals surface area contributed by atoms with Gasteiger partial charge in [-0.3, -0.25) is 4.79 Å². The molecular weight excluding hydrogens is 262 g/mol. The maximum atomic E-state index is 11.9. The smallest absolute Gasteiger partial charge is 0.220 e. The molecule has 1 saturated heterocycles. The van der Waals surface area contributed by atoms with Crippen LogP contribution in [0.3, 0.4) is 0 Å². The number of nitrogens with one attached hydrogen (secondary N) is 1. The Morgan fingerprint density at radius 1 is 1.33 bits per heavy atom. The predicted molar refractivity (Wildman–Crippen MR) is 83.5 cm³/mol. The van der Waals surface area contributed by atoms with Crippen LogP contribution in [0.5, 0.6) is 5.75 Å². The van der Waals surface area contributed by atoms with Crippen molar-refractivity contribution >= 4 is 5.91 Å². The van der Waals surface area contributed by atoms with Gasteiger partial charge in [0.1, 0.15) is 5.75 Å². The Balaban J connectivity index is 1.98. The van der Waals surface area contributed by atoms with E-state index < -0.39 is 0 Å². The highest BCUT2D eigenvalue weighted by Crippen LogP contribution is 2.49. The minimum Gasteiger partial charge on any atom is -0.494 e. The summed E-state index contributed by atoms with van der Waals surface area (Å²) in [5.74, 6) is 1.66. The normalized spacial score (nSPS) is 29.2. The molecule has 1 saturated carbocycles. The maximum absolute atomic E-state index is 11.9. The van der Waals surface area contributed by atoms with Crippen molar-refractivity contribution < 1.29 is 9.53 Å². The number of carbonyl (C=O) groups is 1. The highest BCUT2D eigenvalue weighted by Gasteiger charge is 2.44. The second kappa shape index (κ2) is 6.08. The summed E-state index contributed by atoms with van der Waals surface area (Å²) < 4.78 is 5.68. The Bertz CT molecular complexity index is 514. The van der Waals surface area contributed by atoms with Gasteiger partial charge in [0.2, 0.25) is 5.91 Å². The molecule has 0 bridgehead atoms. The van der Waals surface area contributed by atoms with Gasteiger partial charge in [0.15, 0.2) is 0 Å². The average molecular weight is 287 g/mol. The molecule has 114 valence electrons. The van der Waals surface area contributed by atoms with E-state index in [0.29, 0.717) is 18.9 Å². The minimum atomic E-state index is 0.157. The molecule has 3 heteroatoms. The van der Waals surface area contributed by atoms with Crippen molar-refractivity contribution in [3.8, 4) is 5.75 Å². The van der Waals surface area contributed by atoms with E-state index >= 15 is 0 Å². The zero-order valence-corrected chi connectivity index (χ0v) is 12.9. The fourth-order valence-electron chi connectivity index (χ4n) is 4.25. The maximum Gasteiger partial charge on any atom is 0.220 e. The number of hydrogen-bond acceptors (Lipinski definition) is 2. The molecule has 2 fully saturated rings. The van der Waals surface area contributed by atoms with E-state index in [4.69, 9.17) is 4.74 Å². The molecule has 1 N–H and O–H groups in total. The second-order valence-electron chi connectivity index (χ2n) is 6.36. The van der Waals surface area contributed by atoms with E-state index in [1.807, 2.05) is 13.0 Å². The lowest BCUT2D eigenvalue weighted by molar-refractivity contribution is -0.121. The molecule has 1 heterocycles. The predicted octanol–water partition coefficient (Wildman–Crippen LogP) is 3.42. The van der Waals surface area contributed by atoms with Gasteiger partial charge in [0, 0.05) is 18.4 Å². The summed E-state index contributed by atoms with van der Waals surface area (Å²) in [6, 6.07) is 8.57. The van der Waals surface area contributed by atoms with Crippen LogP contribution in [0, 0.1) is 5.92 Å².